The molecule has 0 amide bonds. The second-order valence-corrected chi connectivity index (χ2v) is 4.29. The van der Waals surface area contributed by atoms with Crippen LogP contribution in [0.25, 0.3) is 0 Å². The molecule has 1 aliphatic heterocycles. The highest BCUT2D eigenvalue weighted by Crippen LogP contribution is 2.43. The van der Waals surface area contributed by atoms with Crippen molar-refractivity contribution in [1.29, 1.82) is 0 Å². The Morgan fingerprint density at radius 1 is 1.30 bits per heavy atom. The summed E-state index contributed by atoms with van der Waals surface area (Å²) in [5, 5.41) is 0. The molecule has 1 heterocycles. The smallest absolute Gasteiger partial charge is 0.419 e. The topological polar surface area (TPSA) is 40.2 Å². The van der Waals surface area contributed by atoms with Gasteiger partial charge in [-0.2, -0.15) is 13.2 Å². The number of ether oxygens (including phenoxy) is 4. The first kappa shape index (κ1) is 14.9. The zero-order chi connectivity index (χ0) is 14.8. The van der Waals surface area contributed by atoms with Crippen LogP contribution in [-0.4, -0.2) is 39.7 Å². The Kier molecular flexibility index (Phi) is 4.39. The fourth-order valence-corrected chi connectivity index (χ4v) is 1.85. The minimum Gasteiger partial charge on any atom is -0.493 e. The summed E-state index contributed by atoms with van der Waals surface area (Å²) in [4.78, 5) is 0. The van der Waals surface area contributed by atoms with Crippen molar-refractivity contribution in [3.63, 3.8) is 0 Å². The van der Waals surface area contributed by atoms with Crippen LogP contribution in [-0.2, 0) is 9.47 Å². The van der Waals surface area contributed by atoms with Gasteiger partial charge in [-0.1, -0.05) is 12.1 Å². The molecule has 0 N–H and O–H groups in total. The third-order valence-electron chi connectivity index (χ3n) is 2.86. The van der Waals surface area contributed by atoms with Crippen LogP contribution in [0.15, 0.2) is 18.2 Å². The van der Waals surface area contributed by atoms with E-state index in [1.165, 1.54) is 32.4 Å². The normalized spacial score (nSPS) is 19.6. The van der Waals surface area contributed by atoms with Crippen molar-refractivity contribution < 1.29 is 32.1 Å². The molecule has 0 spiro atoms. The SMILES string of the molecule is COc1cccc([C@H](OC[C@@H]2CO2)C(F)(F)F)c1OC. The van der Waals surface area contributed by atoms with Crippen molar-refractivity contribution in [3.8, 4) is 11.5 Å². The number of alkyl halides is 3. The Hall–Kier alpha value is -1.47. The molecular formula is C13H15F3O4. The molecule has 1 aromatic rings. The van der Waals surface area contributed by atoms with E-state index < -0.39 is 12.3 Å². The summed E-state index contributed by atoms with van der Waals surface area (Å²) >= 11 is 0. The molecule has 1 aliphatic rings. The Labute approximate surface area is 114 Å². The molecule has 1 saturated heterocycles. The average molecular weight is 292 g/mol. The van der Waals surface area contributed by atoms with Crippen LogP contribution in [0.5, 0.6) is 11.5 Å². The summed E-state index contributed by atoms with van der Waals surface area (Å²) < 4.78 is 59.4. The summed E-state index contributed by atoms with van der Waals surface area (Å²) in [7, 11) is 2.65. The summed E-state index contributed by atoms with van der Waals surface area (Å²) in [5.41, 5.74) is -0.111. The first-order valence-corrected chi connectivity index (χ1v) is 5.98. The van der Waals surface area contributed by atoms with Crippen LogP contribution in [0.4, 0.5) is 13.2 Å². The Bertz CT molecular complexity index is 457. The molecule has 0 aliphatic carbocycles. The van der Waals surface area contributed by atoms with Gasteiger partial charge in [0, 0.05) is 5.56 Å². The zero-order valence-corrected chi connectivity index (χ0v) is 11.1. The lowest BCUT2D eigenvalue weighted by Gasteiger charge is -2.23. The lowest BCUT2D eigenvalue weighted by molar-refractivity contribution is -0.225. The molecule has 1 fully saturated rings. The van der Waals surface area contributed by atoms with Gasteiger partial charge in [0.05, 0.1) is 27.4 Å². The fraction of sp³-hybridized carbons (Fsp3) is 0.538. The first-order valence-electron chi connectivity index (χ1n) is 5.98. The van der Waals surface area contributed by atoms with Crippen molar-refractivity contribution in [2.24, 2.45) is 0 Å². The van der Waals surface area contributed by atoms with Crippen LogP contribution in [0, 0.1) is 0 Å². The number of para-hydroxylation sites is 1. The molecule has 1 aromatic carbocycles. The molecule has 2 atom stereocenters. The number of hydrogen-bond acceptors (Lipinski definition) is 4. The molecule has 0 saturated carbocycles. The number of rotatable bonds is 6. The summed E-state index contributed by atoms with van der Waals surface area (Å²) in [6.07, 6.45) is -6.87. The number of methoxy groups -OCH3 is 2. The van der Waals surface area contributed by atoms with Gasteiger partial charge in [-0.25, -0.2) is 0 Å². The molecule has 20 heavy (non-hydrogen) atoms. The summed E-state index contributed by atoms with van der Waals surface area (Å²) in [5.74, 6) is 0.250. The third-order valence-corrected chi connectivity index (χ3v) is 2.86. The number of epoxide rings is 1. The molecule has 0 radical (unpaired) electrons. The van der Waals surface area contributed by atoms with Gasteiger partial charge in [0.15, 0.2) is 17.6 Å². The van der Waals surface area contributed by atoms with Crippen molar-refractivity contribution in [1.82, 2.24) is 0 Å². The highest BCUT2D eigenvalue weighted by atomic mass is 19.4. The minimum atomic E-state index is -4.55. The fourth-order valence-electron chi connectivity index (χ4n) is 1.85. The summed E-state index contributed by atoms with van der Waals surface area (Å²) in [6.45, 7) is 0.324. The molecular weight excluding hydrogens is 277 g/mol. The van der Waals surface area contributed by atoms with E-state index in [-0.39, 0.29) is 29.8 Å². The van der Waals surface area contributed by atoms with Crippen molar-refractivity contribution in [2.45, 2.75) is 18.4 Å². The van der Waals surface area contributed by atoms with E-state index in [4.69, 9.17) is 18.9 Å². The van der Waals surface area contributed by atoms with Crippen LogP contribution in [0.2, 0.25) is 0 Å². The van der Waals surface area contributed by atoms with Crippen LogP contribution >= 0.6 is 0 Å². The zero-order valence-electron chi connectivity index (χ0n) is 11.1. The number of benzene rings is 1. The quantitative estimate of drug-likeness (QED) is 0.756. The van der Waals surface area contributed by atoms with Gasteiger partial charge in [0.25, 0.3) is 0 Å². The van der Waals surface area contributed by atoms with E-state index in [0.717, 1.165) is 0 Å². The Morgan fingerprint density at radius 3 is 2.50 bits per heavy atom. The molecule has 0 unspecified atom stereocenters. The van der Waals surface area contributed by atoms with Gasteiger partial charge >= 0.3 is 6.18 Å². The van der Waals surface area contributed by atoms with E-state index in [1.54, 1.807) is 0 Å². The minimum absolute atomic E-state index is 0.0223. The largest absolute Gasteiger partial charge is 0.493 e. The van der Waals surface area contributed by atoms with Gasteiger partial charge < -0.3 is 18.9 Å². The molecule has 112 valence electrons. The van der Waals surface area contributed by atoms with Crippen molar-refractivity contribution >= 4 is 0 Å². The van der Waals surface area contributed by atoms with Crippen LogP contribution < -0.4 is 9.47 Å². The van der Waals surface area contributed by atoms with E-state index in [9.17, 15) is 13.2 Å². The monoisotopic (exact) mass is 292 g/mol. The van der Waals surface area contributed by atoms with Gasteiger partial charge in [0.1, 0.15) is 6.10 Å². The molecule has 7 heteroatoms. The van der Waals surface area contributed by atoms with Gasteiger partial charge in [-0.05, 0) is 6.07 Å². The average Bonchev–Trinajstić information content (AvgIpc) is 3.21. The first-order chi connectivity index (χ1) is 9.47. The molecule has 0 aromatic heterocycles. The van der Waals surface area contributed by atoms with E-state index >= 15 is 0 Å². The van der Waals surface area contributed by atoms with E-state index in [2.05, 4.69) is 0 Å². The lowest BCUT2D eigenvalue weighted by Crippen LogP contribution is -2.25. The number of halogens is 3. The molecule has 2 rings (SSSR count). The maximum Gasteiger partial charge on any atom is 0.419 e. The van der Waals surface area contributed by atoms with Crippen molar-refractivity contribution in [3.05, 3.63) is 23.8 Å². The van der Waals surface area contributed by atoms with Gasteiger partial charge in [0.2, 0.25) is 0 Å². The second kappa shape index (κ2) is 5.88. The number of hydrogen-bond donors (Lipinski definition) is 0. The van der Waals surface area contributed by atoms with Crippen LogP contribution in [0.3, 0.4) is 0 Å². The highest BCUT2D eigenvalue weighted by molar-refractivity contribution is 5.48. The lowest BCUT2D eigenvalue weighted by atomic mass is 10.1. The van der Waals surface area contributed by atoms with Crippen LogP contribution in [0.1, 0.15) is 11.7 Å². The molecule has 0 bridgehead atoms. The standard InChI is InChI=1S/C13H15F3O4/c1-17-10-5-3-4-9(11(10)18-2)12(13(14,15)16)20-7-8-6-19-8/h3-5,8,12H,6-7H2,1-2H3/t8-,12-/m0/s1. The predicted molar refractivity (Wildman–Crippen MR) is 64.0 cm³/mol. The third kappa shape index (κ3) is 3.34. The van der Waals surface area contributed by atoms with Crippen molar-refractivity contribution in [2.75, 3.05) is 27.4 Å². The maximum atomic E-state index is 13.2. The molecule has 4 nitrogen and oxygen atoms in total. The Balaban J connectivity index is 2.31. The predicted octanol–water partition coefficient (Wildman–Crippen LogP) is 2.72. The summed E-state index contributed by atoms with van der Waals surface area (Å²) in [6, 6.07) is 4.31. The second-order valence-electron chi connectivity index (χ2n) is 4.29. The highest BCUT2D eigenvalue weighted by Gasteiger charge is 2.44. The van der Waals surface area contributed by atoms with E-state index in [1.807, 2.05) is 0 Å². The van der Waals surface area contributed by atoms with E-state index in [0.29, 0.717) is 6.61 Å². The Morgan fingerprint density at radius 2 is 2.00 bits per heavy atom. The maximum absolute atomic E-state index is 13.2. The van der Waals surface area contributed by atoms with Gasteiger partial charge in [-0.3, -0.25) is 0 Å². The van der Waals surface area contributed by atoms with Gasteiger partial charge in [-0.15, -0.1) is 0 Å².